The summed E-state index contributed by atoms with van der Waals surface area (Å²) in [7, 11) is 1.87. The number of aromatic nitrogens is 2. The average molecular weight is 334 g/mol. The lowest BCUT2D eigenvalue weighted by molar-refractivity contribution is 0.0315. The van der Waals surface area contributed by atoms with Crippen LogP contribution in [0.25, 0.3) is 0 Å². The van der Waals surface area contributed by atoms with Crippen molar-refractivity contribution in [1.29, 1.82) is 0 Å². The summed E-state index contributed by atoms with van der Waals surface area (Å²) < 4.78 is 7.41. The van der Waals surface area contributed by atoms with Gasteiger partial charge in [0.25, 0.3) is 0 Å². The van der Waals surface area contributed by atoms with Gasteiger partial charge >= 0.3 is 0 Å². The summed E-state index contributed by atoms with van der Waals surface area (Å²) in [5.41, 5.74) is 1.20. The molecule has 1 unspecified atom stereocenters. The average Bonchev–Trinajstić information content (AvgIpc) is 3.22. The normalized spacial score (nSPS) is 23.0. The number of nitrogens with one attached hydrogen (secondary N) is 1. The van der Waals surface area contributed by atoms with Crippen molar-refractivity contribution in [3.05, 3.63) is 18.0 Å². The molecule has 1 aromatic heterocycles. The summed E-state index contributed by atoms with van der Waals surface area (Å²) >= 11 is 0. The van der Waals surface area contributed by atoms with Gasteiger partial charge in [-0.3, -0.25) is 14.6 Å². The molecule has 1 aromatic rings. The van der Waals surface area contributed by atoms with Crippen LogP contribution in [0.15, 0.2) is 17.4 Å². The Morgan fingerprint density at radius 1 is 1.38 bits per heavy atom. The Hall–Kier alpha value is -1.60. The summed E-state index contributed by atoms with van der Waals surface area (Å²) in [6.45, 7) is 11.1. The van der Waals surface area contributed by atoms with Crippen LogP contribution < -0.4 is 5.32 Å². The second-order valence-corrected chi connectivity index (χ2v) is 6.77. The molecule has 2 fully saturated rings. The molecule has 2 aliphatic rings. The Kier molecular flexibility index (Phi) is 6.09. The van der Waals surface area contributed by atoms with E-state index in [1.807, 2.05) is 17.9 Å². The highest BCUT2D eigenvalue weighted by molar-refractivity contribution is 5.80. The zero-order valence-electron chi connectivity index (χ0n) is 14.9. The van der Waals surface area contributed by atoms with Gasteiger partial charge in [0.15, 0.2) is 5.96 Å². The van der Waals surface area contributed by atoms with E-state index in [4.69, 9.17) is 4.74 Å². The van der Waals surface area contributed by atoms with Gasteiger partial charge in [-0.05, 0) is 24.8 Å². The van der Waals surface area contributed by atoms with Crippen molar-refractivity contribution in [2.45, 2.75) is 19.9 Å². The third kappa shape index (κ3) is 4.70. The van der Waals surface area contributed by atoms with Gasteiger partial charge in [-0.2, -0.15) is 5.10 Å². The lowest BCUT2D eigenvalue weighted by Crippen LogP contribution is -2.43. The SMILES string of the molecule is CN=C(NCCn1cc(C)cn1)N1CCC(CN2CCOCC2)C1. The van der Waals surface area contributed by atoms with Crippen molar-refractivity contribution in [1.82, 2.24) is 24.9 Å². The highest BCUT2D eigenvalue weighted by Gasteiger charge is 2.26. The predicted octanol–water partition coefficient (Wildman–Crippen LogP) is 0.421. The summed E-state index contributed by atoms with van der Waals surface area (Å²) in [4.78, 5) is 9.38. The second kappa shape index (κ2) is 8.48. The molecular weight excluding hydrogens is 304 g/mol. The van der Waals surface area contributed by atoms with Gasteiger partial charge < -0.3 is 15.0 Å². The Labute approximate surface area is 144 Å². The van der Waals surface area contributed by atoms with Crippen molar-refractivity contribution >= 4 is 5.96 Å². The van der Waals surface area contributed by atoms with Gasteiger partial charge in [-0.15, -0.1) is 0 Å². The van der Waals surface area contributed by atoms with E-state index >= 15 is 0 Å². The molecule has 7 nitrogen and oxygen atoms in total. The van der Waals surface area contributed by atoms with Crippen LogP contribution in [0, 0.1) is 12.8 Å². The van der Waals surface area contributed by atoms with Gasteiger partial charge in [0, 0.05) is 52.5 Å². The quantitative estimate of drug-likeness (QED) is 0.625. The van der Waals surface area contributed by atoms with Crippen molar-refractivity contribution < 1.29 is 4.74 Å². The number of aryl methyl sites for hydroxylation is 1. The number of guanidine groups is 1. The first-order valence-corrected chi connectivity index (χ1v) is 8.99. The number of hydrogen-bond donors (Lipinski definition) is 1. The monoisotopic (exact) mass is 334 g/mol. The zero-order chi connectivity index (χ0) is 16.8. The third-order valence-corrected chi connectivity index (χ3v) is 4.80. The van der Waals surface area contributed by atoms with Crippen LogP contribution in [0.1, 0.15) is 12.0 Å². The molecule has 0 amide bonds. The molecule has 1 atom stereocenters. The molecule has 0 bridgehead atoms. The first kappa shape index (κ1) is 17.2. The van der Waals surface area contributed by atoms with Gasteiger partial charge in [0.05, 0.1) is 26.0 Å². The minimum Gasteiger partial charge on any atom is -0.379 e. The summed E-state index contributed by atoms with van der Waals surface area (Å²) in [6.07, 6.45) is 5.21. The number of aliphatic imine (C=N–C) groups is 1. The number of rotatable bonds is 5. The highest BCUT2D eigenvalue weighted by Crippen LogP contribution is 2.18. The van der Waals surface area contributed by atoms with Crippen LogP contribution in [-0.4, -0.2) is 85.1 Å². The summed E-state index contributed by atoms with van der Waals surface area (Å²) in [6, 6.07) is 0. The molecule has 3 rings (SSSR count). The maximum atomic E-state index is 5.43. The molecule has 7 heteroatoms. The van der Waals surface area contributed by atoms with E-state index in [1.54, 1.807) is 0 Å². The molecule has 1 N–H and O–H groups in total. The smallest absolute Gasteiger partial charge is 0.193 e. The molecular formula is C17H30N6O. The third-order valence-electron chi connectivity index (χ3n) is 4.80. The van der Waals surface area contributed by atoms with Crippen molar-refractivity contribution in [3.8, 4) is 0 Å². The van der Waals surface area contributed by atoms with Crippen molar-refractivity contribution in [2.24, 2.45) is 10.9 Å². The van der Waals surface area contributed by atoms with Crippen LogP contribution in [0.4, 0.5) is 0 Å². The highest BCUT2D eigenvalue weighted by atomic mass is 16.5. The number of ether oxygens (including phenoxy) is 1. The fourth-order valence-electron chi connectivity index (χ4n) is 3.53. The minimum atomic E-state index is 0.732. The van der Waals surface area contributed by atoms with E-state index < -0.39 is 0 Å². The lowest BCUT2D eigenvalue weighted by Gasteiger charge is -2.29. The fraction of sp³-hybridized carbons (Fsp3) is 0.765. The lowest BCUT2D eigenvalue weighted by atomic mass is 10.1. The molecule has 134 valence electrons. The molecule has 0 radical (unpaired) electrons. The molecule has 3 heterocycles. The molecule has 2 aliphatic heterocycles. The molecule has 24 heavy (non-hydrogen) atoms. The second-order valence-electron chi connectivity index (χ2n) is 6.77. The van der Waals surface area contributed by atoms with E-state index in [0.717, 1.165) is 64.4 Å². The number of nitrogens with zero attached hydrogens (tertiary/aromatic N) is 5. The van der Waals surface area contributed by atoms with Crippen LogP contribution in [-0.2, 0) is 11.3 Å². The topological polar surface area (TPSA) is 57.9 Å². The standard InChI is InChI=1S/C17H30N6O/c1-15-11-20-23(12-15)6-4-19-17(18-2)22-5-3-16(14-22)13-21-7-9-24-10-8-21/h11-12,16H,3-10,13-14H2,1-2H3,(H,18,19). The van der Waals surface area contributed by atoms with Crippen LogP contribution in [0.5, 0.6) is 0 Å². The first-order valence-electron chi connectivity index (χ1n) is 8.99. The van der Waals surface area contributed by atoms with Crippen molar-refractivity contribution in [3.63, 3.8) is 0 Å². The summed E-state index contributed by atoms with van der Waals surface area (Å²) in [5, 5.41) is 7.80. The van der Waals surface area contributed by atoms with E-state index in [-0.39, 0.29) is 0 Å². The molecule has 0 saturated carbocycles. The van der Waals surface area contributed by atoms with E-state index in [9.17, 15) is 0 Å². The molecule has 0 aliphatic carbocycles. The molecule has 0 spiro atoms. The Morgan fingerprint density at radius 2 is 2.21 bits per heavy atom. The predicted molar refractivity (Wildman–Crippen MR) is 95.3 cm³/mol. The summed E-state index contributed by atoms with van der Waals surface area (Å²) in [5.74, 6) is 1.75. The largest absolute Gasteiger partial charge is 0.379 e. The fourth-order valence-corrected chi connectivity index (χ4v) is 3.53. The van der Waals surface area contributed by atoms with Crippen molar-refractivity contribution in [2.75, 3.05) is 59.5 Å². The number of likely N-dealkylation sites (tertiary alicyclic amines) is 1. The van der Waals surface area contributed by atoms with Crippen LogP contribution in [0.3, 0.4) is 0 Å². The van der Waals surface area contributed by atoms with Crippen LogP contribution in [0.2, 0.25) is 0 Å². The Bertz CT molecular complexity index is 537. The maximum Gasteiger partial charge on any atom is 0.193 e. The zero-order valence-corrected chi connectivity index (χ0v) is 14.9. The number of morpholine rings is 1. The van der Waals surface area contributed by atoms with Gasteiger partial charge in [-0.25, -0.2) is 0 Å². The minimum absolute atomic E-state index is 0.732. The number of hydrogen-bond acceptors (Lipinski definition) is 4. The van der Waals surface area contributed by atoms with E-state index in [2.05, 4.69) is 38.3 Å². The molecule has 0 aromatic carbocycles. The van der Waals surface area contributed by atoms with Gasteiger partial charge in [0.2, 0.25) is 0 Å². The van der Waals surface area contributed by atoms with Gasteiger partial charge in [-0.1, -0.05) is 0 Å². The maximum absolute atomic E-state index is 5.43. The van der Waals surface area contributed by atoms with E-state index in [1.165, 1.54) is 18.5 Å². The Balaban J connectivity index is 1.41. The van der Waals surface area contributed by atoms with E-state index in [0.29, 0.717) is 0 Å². The van der Waals surface area contributed by atoms with Crippen LogP contribution >= 0.6 is 0 Å². The first-order chi connectivity index (χ1) is 11.7. The molecule has 2 saturated heterocycles. The van der Waals surface area contributed by atoms with Gasteiger partial charge in [0.1, 0.15) is 0 Å². The Morgan fingerprint density at radius 3 is 2.92 bits per heavy atom.